The summed E-state index contributed by atoms with van der Waals surface area (Å²) >= 11 is 5.33. The second-order valence-corrected chi connectivity index (χ2v) is 2.75. The van der Waals surface area contributed by atoms with Gasteiger partial charge in [-0.3, -0.25) is 0 Å². The van der Waals surface area contributed by atoms with Crippen LogP contribution in [0, 0.1) is 0 Å². The molecule has 0 spiro atoms. The van der Waals surface area contributed by atoms with Crippen LogP contribution in [0.15, 0.2) is 30.3 Å². The molecular formula is C9H10ClF. The minimum atomic E-state index is -0.918. The molecule has 0 aromatic heterocycles. The van der Waals surface area contributed by atoms with Gasteiger partial charge in [0.1, 0.15) is 6.17 Å². The molecule has 1 aromatic carbocycles. The fourth-order valence-electron chi connectivity index (χ4n) is 0.924. The zero-order valence-corrected chi connectivity index (χ0v) is 6.89. The molecule has 0 aliphatic heterocycles. The van der Waals surface area contributed by atoms with Crippen LogP contribution in [0.5, 0.6) is 0 Å². The lowest BCUT2D eigenvalue weighted by Crippen LogP contribution is -2.05. The van der Waals surface area contributed by atoms with Crippen molar-refractivity contribution in [2.45, 2.75) is 12.6 Å². The lowest BCUT2D eigenvalue weighted by atomic mass is 10.1. The van der Waals surface area contributed by atoms with Crippen molar-refractivity contribution in [3.63, 3.8) is 0 Å². The molecular weight excluding hydrogens is 163 g/mol. The van der Waals surface area contributed by atoms with Gasteiger partial charge in [-0.1, -0.05) is 30.3 Å². The highest BCUT2D eigenvalue weighted by molar-refractivity contribution is 6.18. The van der Waals surface area contributed by atoms with Crippen LogP contribution in [-0.4, -0.2) is 12.1 Å². The molecule has 0 saturated heterocycles. The lowest BCUT2D eigenvalue weighted by molar-refractivity contribution is 0.364. The van der Waals surface area contributed by atoms with E-state index in [1.54, 1.807) is 0 Å². The fourth-order valence-corrected chi connectivity index (χ4v) is 1.03. The summed E-state index contributed by atoms with van der Waals surface area (Å²) in [6.45, 7) is 0. The van der Waals surface area contributed by atoms with E-state index < -0.39 is 6.17 Å². The van der Waals surface area contributed by atoms with E-state index >= 15 is 0 Å². The van der Waals surface area contributed by atoms with Gasteiger partial charge in [0.05, 0.1) is 5.88 Å². The molecule has 0 heterocycles. The predicted octanol–water partition coefficient (Wildman–Crippen LogP) is 2.81. The second-order valence-electron chi connectivity index (χ2n) is 2.44. The Balaban J connectivity index is 2.51. The maximum atomic E-state index is 12.7. The SMILES string of the molecule is FC(CCl)Cc1ccccc1. The molecule has 1 unspecified atom stereocenters. The first-order chi connectivity index (χ1) is 5.33. The van der Waals surface area contributed by atoms with Gasteiger partial charge in [0, 0.05) is 6.42 Å². The third kappa shape index (κ3) is 2.89. The molecule has 60 valence electrons. The molecule has 1 aromatic rings. The van der Waals surface area contributed by atoms with Crippen LogP contribution < -0.4 is 0 Å². The summed E-state index contributed by atoms with van der Waals surface area (Å²) in [7, 11) is 0. The van der Waals surface area contributed by atoms with Crippen molar-refractivity contribution in [1.29, 1.82) is 0 Å². The van der Waals surface area contributed by atoms with Gasteiger partial charge in [-0.2, -0.15) is 0 Å². The highest BCUT2D eigenvalue weighted by Crippen LogP contribution is 2.06. The van der Waals surface area contributed by atoms with E-state index in [-0.39, 0.29) is 5.88 Å². The molecule has 1 atom stereocenters. The van der Waals surface area contributed by atoms with Crippen molar-refractivity contribution in [3.8, 4) is 0 Å². The molecule has 0 amide bonds. The zero-order chi connectivity index (χ0) is 8.10. The second kappa shape index (κ2) is 4.35. The molecule has 0 nitrogen and oxygen atoms in total. The first kappa shape index (κ1) is 8.54. The number of halogens is 2. The van der Waals surface area contributed by atoms with Gasteiger partial charge in [0.2, 0.25) is 0 Å². The Morgan fingerprint density at radius 3 is 2.45 bits per heavy atom. The Labute approximate surface area is 71.0 Å². The average Bonchev–Trinajstić information content (AvgIpc) is 2.06. The van der Waals surface area contributed by atoms with Crippen LogP contribution in [0.2, 0.25) is 0 Å². The van der Waals surface area contributed by atoms with E-state index in [4.69, 9.17) is 11.6 Å². The van der Waals surface area contributed by atoms with E-state index in [1.807, 2.05) is 30.3 Å². The lowest BCUT2D eigenvalue weighted by Gasteiger charge is -2.02. The maximum absolute atomic E-state index is 12.7. The monoisotopic (exact) mass is 172 g/mol. The van der Waals surface area contributed by atoms with Gasteiger partial charge in [0.15, 0.2) is 0 Å². The first-order valence-corrected chi connectivity index (χ1v) is 4.10. The molecule has 2 heteroatoms. The Hall–Kier alpha value is -0.560. The third-order valence-corrected chi connectivity index (χ3v) is 1.80. The van der Waals surface area contributed by atoms with Gasteiger partial charge in [-0.15, -0.1) is 11.6 Å². The van der Waals surface area contributed by atoms with E-state index in [9.17, 15) is 4.39 Å². The minimum absolute atomic E-state index is 0.0783. The number of hydrogen-bond donors (Lipinski definition) is 0. The molecule has 1 rings (SSSR count). The molecule has 0 saturated carbocycles. The number of hydrogen-bond acceptors (Lipinski definition) is 0. The third-order valence-electron chi connectivity index (χ3n) is 1.47. The number of benzene rings is 1. The summed E-state index contributed by atoms with van der Waals surface area (Å²) in [5.74, 6) is 0.0783. The topological polar surface area (TPSA) is 0 Å². The normalized spacial score (nSPS) is 12.9. The molecule has 0 bridgehead atoms. The number of rotatable bonds is 3. The summed E-state index contributed by atoms with van der Waals surface area (Å²) < 4.78 is 12.7. The van der Waals surface area contributed by atoms with Crippen LogP contribution in [0.3, 0.4) is 0 Å². The van der Waals surface area contributed by atoms with E-state index in [2.05, 4.69) is 0 Å². The van der Waals surface area contributed by atoms with E-state index in [1.165, 1.54) is 0 Å². The van der Waals surface area contributed by atoms with Gasteiger partial charge in [0.25, 0.3) is 0 Å². The van der Waals surface area contributed by atoms with Crippen molar-refractivity contribution in [3.05, 3.63) is 35.9 Å². The molecule has 0 radical (unpaired) electrons. The summed E-state index contributed by atoms with van der Waals surface area (Å²) in [5, 5.41) is 0. The van der Waals surface area contributed by atoms with Crippen molar-refractivity contribution < 1.29 is 4.39 Å². The Morgan fingerprint density at radius 2 is 1.91 bits per heavy atom. The van der Waals surface area contributed by atoms with Gasteiger partial charge in [-0.25, -0.2) is 4.39 Å². The van der Waals surface area contributed by atoms with Crippen LogP contribution in [0.1, 0.15) is 5.56 Å². The highest BCUT2D eigenvalue weighted by atomic mass is 35.5. The Kier molecular flexibility index (Phi) is 3.37. The van der Waals surface area contributed by atoms with Crippen molar-refractivity contribution in [1.82, 2.24) is 0 Å². The largest absolute Gasteiger partial charge is 0.246 e. The van der Waals surface area contributed by atoms with Crippen LogP contribution in [-0.2, 0) is 6.42 Å². The highest BCUT2D eigenvalue weighted by Gasteiger charge is 2.04. The van der Waals surface area contributed by atoms with Crippen LogP contribution in [0.4, 0.5) is 4.39 Å². The molecule has 0 N–H and O–H groups in total. The maximum Gasteiger partial charge on any atom is 0.118 e. The molecule has 0 aliphatic carbocycles. The molecule has 11 heavy (non-hydrogen) atoms. The smallest absolute Gasteiger partial charge is 0.118 e. The van der Waals surface area contributed by atoms with Crippen molar-refractivity contribution in [2.24, 2.45) is 0 Å². The minimum Gasteiger partial charge on any atom is -0.246 e. The molecule has 0 aliphatic rings. The van der Waals surface area contributed by atoms with Gasteiger partial charge in [-0.05, 0) is 5.56 Å². The summed E-state index contributed by atoms with van der Waals surface area (Å²) in [5.41, 5.74) is 1.00. The summed E-state index contributed by atoms with van der Waals surface area (Å²) in [4.78, 5) is 0. The van der Waals surface area contributed by atoms with Crippen LogP contribution >= 0.6 is 11.6 Å². The zero-order valence-electron chi connectivity index (χ0n) is 6.13. The predicted molar refractivity (Wildman–Crippen MR) is 45.8 cm³/mol. The summed E-state index contributed by atoms with van der Waals surface area (Å²) in [6, 6.07) is 9.52. The van der Waals surface area contributed by atoms with Gasteiger partial charge < -0.3 is 0 Å². The fraction of sp³-hybridized carbons (Fsp3) is 0.333. The quantitative estimate of drug-likeness (QED) is 0.616. The Bertz CT molecular complexity index is 198. The molecule has 0 fully saturated rings. The van der Waals surface area contributed by atoms with Crippen molar-refractivity contribution >= 4 is 11.6 Å². The van der Waals surface area contributed by atoms with Crippen LogP contribution in [0.25, 0.3) is 0 Å². The number of alkyl halides is 2. The van der Waals surface area contributed by atoms with Crippen molar-refractivity contribution in [2.75, 3.05) is 5.88 Å². The van der Waals surface area contributed by atoms with E-state index in [0.717, 1.165) is 5.56 Å². The van der Waals surface area contributed by atoms with E-state index in [0.29, 0.717) is 6.42 Å². The standard InChI is InChI=1S/C9H10ClF/c10-7-9(11)6-8-4-2-1-3-5-8/h1-5,9H,6-7H2. The Morgan fingerprint density at radius 1 is 1.27 bits per heavy atom. The van der Waals surface area contributed by atoms with Gasteiger partial charge >= 0.3 is 0 Å². The average molecular weight is 173 g/mol. The first-order valence-electron chi connectivity index (χ1n) is 3.57. The summed E-state index contributed by atoms with van der Waals surface area (Å²) in [6.07, 6.45) is -0.497.